The Morgan fingerprint density at radius 3 is 2.54 bits per heavy atom. The summed E-state index contributed by atoms with van der Waals surface area (Å²) in [5, 5.41) is 3.52. The maximum Gasteiger partial charge on any atom is 0.0622 e. The molecule has 0 unspecified atom stereocenters. The molecule has 0 amide bonds. The summed E-state index contributed by atoms with van der Waals surface area (Å²) in [5.74, 6) is 0. The summed E-state index contributed by atoms with van der Waals surface area (Å²) in [7, 11) is 1.79. The lowest BCUT2D eigenvalue weighted by molar-refractivity contribution is 0.0135. The van der Waals surface area contributed by atoms with Gasteiger partial charge in [0.05, 0.1) is 5.60 Å². The molecular weight excluding hydrogens is 162 g/mol. The van der Waals surface area contributed by atoms with Gasteiger partial charge in [0.15, 0.2) is 0 Å². The maximum atomic E-state index is 5.36. The quantitative estimate of drug-likeness (QED) is 0.615. The normalized spacial score (nSPS) is 17.8. The van der Waals surface area contributed by atoms with Gasteiger partial charge in [-0.2, -0.15) is 0 Å². The lowest BCUT2D eigenvalue weighted by Crippen LogP contribution is -2.23. The van der Waals surface area contributed by atoms with Crippen LogP contribution in [0.15, 0.2) is 0 Å². The molecule has 1 rings (SSSR count). The van der Waals surface area contributed by atoms with Gasteiger partial charge in [-0.25, -0.2) is 0 Å². The Bertz CT molecular complexity index is 141. The van der Waals surface area contributed by atoms with Gasteiger partial charge in [0.25, 0.3) is 0 Å². The zero-order chi connectivity index (χ0) is 9.73. The first kappa shape index (κ1) is 11.0. The van der Waals surface area contributed by atoms with Crippen LogP contribution in [0.4, 0.5) is 0 Å². The lowest BCUT2D eigenvalue weighted by Gasteiger charge is -2.22. The Morgan fingerprint density at radius 1 is 1.31 bits per heavy atom. The first-order valence-corrected chi connectivity index (χ1v) is 5.42. The van der Waals surface area contributed by atoms with Crippen LogP contribution in [0.2, 0.25) is 0 Å². The van der Waals surface area contributed by atoms with E-state index < -0.39 is 0 Å². The molecule has 0 aromatic rings. The Hall–Kier alpha value is -0.0800. The topological polar surface area (TPSA) is 21.3 Å². The summed E-state index contributed by atoms with van der Waals surface area (Å²) in [6.45, 7) is 5.49. The van der Waals surface area contributed by atoms with Gasteiger partial charge >= 0.3 is 0 Å². The summed E-state index contributed by atoms with van der Waals surface area (Å²) in [6, 6.07) is 0.857. The molecule has 1 fully saturated rings. The first-order valence-electron chi connectivity index (χ1n) is 5.42. The second kappa shape index (κ2) is 4.97. The molecule has 0 atom stereocenters. The second-order valence-electron chi connectivity index (χ2n) is 4.65. The fourth-order valence-corrected chi connectivity index (χ4v) is 1.37. The molecule has 0 saturated heterocycles. The lowest BCUT2D eigenvalue weighted by atomic mass is 10.0. The number of unbranched alkanes of at least 4 members (excludes halogenated alkanes) is 1. The van der Waals surface area contributed by atoms with Crippen LogP contribution in [-0.2, 0) is 4.74 Å². The molecule has 0 aromatic heterocycles. The average Bonchev–Trinajstić information content (AvgIpc) is 2.87. The molecule has 0 aromatic carbocycles. The summed E-state index contributed by atoms with van der Waals surface area (Å²) < 4.78 is 5.36. The smallest absolute Gasteiger partial charge is 0.0622 e. The second-order valence-corrected chi connectivity index (χ2v) is 4.65. The fourth-order valence-electron chi connectivity index (χ4n) is 1.37. The van der Waals surface area contributed by atoms with Crippen LogP contribution in [0.3, 0.4) is 0 Å². The molecule has 0 radical (unpaired) electrons. The van der Waals surface area contributed by atoms with Crippen molar-refractivity contribution >= 4 is 0 Å². The van der Waals surface area contributed by atoms with Crippen LogP contribution in [0.5, 0.6) is 0 Å². The van der Waals surface area contributed by atoms with E-state index in [0.717, 1.165) is 12.5 Å². The van der Waals surface area contributed by atoms with Crippen molar-refractivity contribution in [3.8, 4) is 0 Å². The third-order valence-corrected chi connectivity index (χ3v) is 2.77. The standard InChI is InChI=1S/C11H23NO/c1-11(2,13-3)8-4-5-9-12-10-6-7-10/h10,12H,4-9H2,1-3H3. The Kier molecular flexibility index (Phi) is 4.20. The van der Waals surface area contributed by atoms with E-state index in [1.165, 1.54) is 32.2 Å². The molecule has 1 aliphatic rings. The highest BCUT2D eigenvalue weighted by Crippen LogP contribution is 2.19. The monoisotopic (exact) mass is 185 g/mol. The van der Waals surface area contributed by atoms with E-state index >= 15 is 0 Å². The Balaban J connectivity index is 1.87. The van der Waals surface area contributed by atoms with Crippen LogP contribution in [0.25, 0.3) is 0 Å². The van der Waals surface area contributed by atoms with Gasteiger partial charge in [-0.1, -0.05) is 0 Å². The molecular formula is C11H23NO. The predicted octanol–water partition coefficient (Wildman–Crippen LogP) is 2.33. The molecule has 13 heavy (non-hydrogen) atoms. The third kappa shape index (κ3) is 5.27. The summed E-state index contributed by atoms with van der Waals surface area (Å²) in [4.78, 5) is 0. The highest BCUT2D eigenvalue weighted by atomic mass is 16.5. The van der Waals surface area contributed by atoms with Crippen molar-refractivity contribution in [3.05, 3.63) is 0 Å². The molecule has 0 bridgehead atoms. The Morgan fingerprint density at radius 2 is 2.00 bits per heavy atom. The number of rotatable bonds is 7. The van der Waals surface area contributed by atoms with E-state index in [4.69, 9.17) is 4.74 Å². The van der Waals surface area contributed by atoms with Crippen LogP contribution in [0.1, 0.15) is 46.0 Å². The van der Waals surface area contributed by atoms with E-state index in [1.54, 1.807) is 7.11 Å². The van der Waals surface area contributed by atoms with Crippen molar-refractivity contribution < 1.29 is 4.74 Å². The van der Waals surface area contributed by atoms with Crippen molar-refractivity contribution in [2.45, 2.75) is 57.6 Å². The van der Waals surface area contributed by atoms with Crippen molar-refractivity contribution in [2.75, 3.05) is 13.7 Å². The summed E-state index contributed by atoms with van der Waals surface area (Å²) in [5.41, 5.74) is 0.0690. The molecule has 0 aliphatic heterocycles. The minimum Gasteiger partial charge on any atom is -0.379 e. The highest BCUT2D eigenvalue weighted by molar-refractivity contribution is 4.80. The molecule has 0 heterocycles. The van der Waals surface area contributed by atoms with Gasteiger partial charge in [-0.05, 0) is 52.5 Å². The molecule has 2 heteroatoms. The van der Waals surface area contributed by atoms with Gasteiger partial charge in [-0.15, -0.1) is 0 Å². The van der Waals surface area contributed by atoms with E-state index in [9.17, 15) is 0 Å². The largest absolute Gasteiger partial charge is 0.379 e. The van der Waals surface area contributed by atoms with E-state index in [0.29, 0.717) is 0 Å². The molecule has 2 nitrogen and oxygen atoms in total. The fraction of sp³-hybridized carbons (Fsp3) is 1.00. The molecule has 0 spiro atoms. The maximum absolute atomic E-state index is 5.36. The van der Waals surface area contributed by atoms with E-state index in [-0.39, 0.29) is 5.60 Å². The highest BCUT2D eigenvalue weighted by Gasteiger charge is 2.20. The van der Waals surface area contributed by atoms with Crippen LogP contribution in [0, 0.1) is 0 Å². The minimum absolute atomic E-state index is 0.0690. The van der Waals surface area contributed by atoms with Crippen LogP contribution in [-0.4, -0.2) is 25.3 Å². The van der Waals surface area contributed by atoms with Gasteiger partial charge < -0.3 is 10.1 Å². The van der Waals surface area contributed by atoms with E-state index in [2.05, 4.69) is 19.2 Å². The van der Waals surface area contributed by atoms with Gasteiger partial charge in [0.1, 0.15) is 0 Å². The molecule has 1 N–H and O–H groups in total. The zero-order valence-corrected chi connectivity index (χ0v) is 9.23. The van der Waals surface area contributed by atoms with Gasteiger partial charge in [0, 0.05) is 13.2 Å². The molecule has 1 aliphatic carbocycles. The number of ether oxygens (including phenoxy) is 1. The number of hydrogen-bond donors (Lipinski definition) is 1. The molecule has 1 saturated carbocycles. The first-order chi connectivity index (χ1) is 6.14. The van der Waals surface area contributed by atoms with E-state index in [1.807, 2.05) is 0 Å². The average molecular weight is 185 g/mol. The van der Waals surface area contributed by atoms with Crippen molar-refractivity contribution in [1.29, 1.82) is 0 Å². The minimum atomic E-state index is 0.0690. The number of methoxy groups -OCH3 is 1. The van der Waals surface area contributed by atoms with Crippen LogP contribution >= 0.6 is 0 Å². The summed E-state index contributed by atoms with van der Waals surface area (Å²) in [6.07, 6.45) is 6.49. The summed E-state index contributed by atoms with van der Waals surface area (Å²) >= 11 is 0. The third-order valence-electron chi connectivity index (χ3n) is 2.77. The van der Waals surface area contributed by atoms with Crippen molar-refractivity contribution in [2.24, 2.45) is 0 Å². The zero-order valence-electron chi connectivity index (χ0n) is 9.23. The SMILES string of the molecule is COC(C)(C)CCCCNC1CC1. The number of nitrogens with one attached hydrogen (secondary N) is 1. The van der Waals surface area contributed by atoms with Crippen molar-refractivity contribution in [1.82, 2.24) is 5.32 Å². The molecule has 78 valence electrons. The number of hydrogen-bond acceptors (Lipinski definition) is 2. The van der Waals surface area contributed by atoms with Gasteiger partial charge in [0.2, 0.25) is 0 Å². The predicted molar refractivity (Wildman–Crippen MR) is 56.0 cm³/mol. The van der Waals surface area contributed by atoms with Crippen LogP contribution < -0.4 is 5.32 Å². The Labute approximate surface area is 82.0 Å². The van der Waals surface area contributed by atoms with Gasteiger partial charge in [-0.3, -0.25) is 0 Å². The van der Waals surface area contributed by atoms with Crippen molar-refractivity contribution in [3.63, 3.8) is 0 Å².